The third kappa shape index (κ3) is 4.54. The highest BCUT2D eigenvalue weighted by Gasteiger charge is 2.24. The van der Waals surface area contributed by atoms with Crippen LogP contribution in [0.25, 0.3) is 0 Å². The van der Waals surface area contributed by atoms with Gasteiger partial charge in [0.1, 0.15) is 19.6 Å². The Bertz CT molecular complexity index is 504. The highest BCUT2D eigenvalue weighted by atomic mass is 16.3. The summed E-state index contributed by atoms with van der Waals surface area (Å²) in [5, 5.41) is 31.0. The second-order valence-electron chi connectivity index (χ2n) is 5.32. The quantitative estimate of drug-likeness (QED) is 0.309. The maximum absolute atomic E-state index is 12.3. The molecule has 0 spiro atoms. The van der Waals surface area contributed by atoms with Gasteiger partial charge in [0.25, 0.3) is 0 Å². The van der Waals surface area contributed by atoms with Crippen LogP contribution in [-0.2, 0) is 0 Å². The summed E-state index contributed by atoms with van der Waals surface area (Å²) >= 11 is 0. The van der Waals surface area contributed by atoms with Crippen LogP contribution < -0.4 is 14.8 Å². The van der Waals surface area contributed by atoms with Crippen LogP contribution in [0.4, 0.5) is 5.69 Å². The molecule has 0 N–H and O–H groups in total. The molecule has 0 amide bonds. The molecule has 0 fully saturated rings. The van der Waals surface area contributed by atoms with E-state index in [1.807, 2.05) is 51.2 Å². The van der Waals surface area contributed by atoms with Gasteiger partial charge in [-0.25, -0.2) is 0 Å². The Balaban J connectivity index is 3.03. The Labute approximate surface area is 126 Å². The first-order valence-corrected chi connectivity index (χ1v) is 7.07. The van der Waals surface area contributed by atoms with Gasteiger partial charge < -0.3 is 10.2 Å². The van der Waals surface area contributed by atoms with E-state index in [0.717, 1.165) is 5.69 Å². The maximum Gasteiger partial charge on any atom is 0.158 e. The lowest BCUT2D eigenvalue weighted by Crippen LogP contribution is -2.49. The second kappa shape index (κ2) is 7.19. The summed E-state index contributed by atoms with van der Waals surface area (Å²) in [5.74, 6) is -0.266. The van der Waals surface area contributed by atoms with E-state index in [4.69, 9.17) is 0 Å². The molecular weight excluding hydrogens is 268 g/mol. The molecule has 0 bridgehead atoms. The van der Waals surface area contributed by atoms with Crippen molar-refractivity contribution >= 4 is 18.0 Å². The molecule has 0 aliphatic rings. The van der Waals surface area contributed by atoms with E-state index in [9.17, 15) is 10.2 Å². The van der Waals surface area contributed by atoms with Gasteiger partial charge in [-0.15, -0.1) is 5.10 Å². The highest BCUT2D eigenvalue weighted by molar-refractivity contribution is 5.73. The van der Waals surface area contributed by atoms with Gasteiger partial charge in [-0.3, -0.25) is 0 Å². The van der Waals surface area contributed by atoms with E-state index in [1.54, 1.807) is 7.05 Å². The van der Waals surface area contributed by atoms with Crippen LogP contribution in [0.15, 0.2) is 40.5 Å². The summed E-state index contributed by atoms with van der Waals surface area (Å²) in [5.41, 5.74) is 0.950. The molecule has 1 aromatic rings. The van der Waals surface area contributed by atoms with Gasteiger partial charge in [-0.05, 0) is 13.8 Å². The fraction of sp³-hybridized carbons (Fsp3) is 0.467. The molecule has 1 unspecified atom stereocenters. The SMILES string of the molecule is CC[N+](C)(C/C([O-])=N/[N@+](C)(CC)c1ccccc1)/N=C/[O-]. The molecule has 0 heterocycles. The van der Waals surface area contributed by atoms with Crippen molar-refractivity contribution in [2.24, 2.45) is 10.2 Å². The zero-order valence-electron chi connectivity index (χ0n) is 13.2. The number of hydrogen-bond donors (Lipinski definition) is 0. The van der Waals surface area contributed by atoms with Gasteiger partial charge in [0.15, 0.2) is 5.69 Å². The number of likely N-dealkylation sites (N-methyl/N-ethyl adjacent to an activating group) is 1. The molecule has 2 atom stereocenters. The molecule has 0 aliphatic carbocycles. The molecule has 6 nitrogen and oxygen atoms in total. The largest absolute Gasteiger partial charge is 0.861 e. The fourth-order valence-electron chi connectivity index (χ4n) is 1.98. The fourth-order valence-corrected chi connectivity index (χ4v) is 1.98. The van der Waals surface area contributed by atoms with Crippen LogP contribution in [0, 0.1) is 0 Å². The van der Waals surface area contributed by atoms with Crippen LogP contribution in [-0.4, -0.2) is 50.6 Å². The molecule has 0 radical (unpaired) electrons. The van der Waals surface area contributed by atoms with E-state index in [2.05, 4.69) is 10.2 Å². The van der Waals surface area contributed by atoms with Crippen molar-refractivity contribution in [3.05, 3.63) is 30.3 Å². The molecule has 21 heavy (non-hydrogen) atoms. The monoisotopic (exact) mass is 292 g/mol. The summed E-state index contributed by atoms with van der Waals surface area (Å²) in [6.07, 6.45) is 0.488. The molecular formula is C15H24N4O2. The minimum atomic E-state index is -0.266. The third-order valence-electron chi connectivity index (χ3n) is 3.74. The first kappa shape index (κ1) is 17.1. The predicted molar refractivity (Wildman–Crippen MR) is 82.2 cm³/mol. The lowest BCUT2D eigenvalue weighted by atomic mass is 10.3. The van der Waals surface area contributed by atoms with Gasteiger partial charge in [0, 0.05) is 18.5 Å². The van der Waals surface area contributed by atoms with Crippen molar-refractivity contribution in [1.82, 2.24) is 4.59 Å². The Morgan fingerprint density at radius 1 is 1.14 bits per heavy atom. The van der Waals surface area contributed by atoms with Crippen molar-refractivity contribution in [3.8, 4) is 0 Å². The van der Waals surface area contributed by atoms with E-state index >= 15 is 0 Å². The molecule has 1 rings (SSSR count). The highest BCUT2D eigenvalue weighted by Crippen LogP contribution is 2.20. The molecule has 1 aromatic carbocycles. The third-order valence-corrected chi connectivity index (χ3v) is 3.74. The zero-order valence-corrected chi connectivity index (χ0v) is 13.2. The summed E-state index contributed by atoms with van der Waals surface area (Å²) in [4.78, 5) is 0. The zero-order chi connectivity index (χ0) is 15.9. The first-order valence-electron chi connectivity index (χ1n) is 7.07. The Morgan fingerprint density at radius 2 is 1.76 bits per heavy atom. The normalized spacial score (nSPS) is 18.4. The lowest BCUT2D eigenvalue weighted by Gasteiger charge is -2.32. The number of para-hydroxylation sites is 1. The van der Waals surface area contributed by atoms with Crippen LogP contribution in [0.3, 0.4) is 0 Å². The van der Waals surface area contributed by atoms with Gasteiger partial charge in [0.2, 0.25) is 0 Å². The summed E-state index contributed by atoms with van der Waals surface area (Å²) in [6, 6.07) is 9.68. The van der Waals surface area contributed by atoms with Gasteiger partial charge >= 0.3 is 0 Å². The molecule has 0 saturated carbocycles. The molecule has 0 saturated heterocycles. The number of hydrogen-bond acceptors (Lipinski definition) is 4. The van der Waals surface area contributed by atoms with Crippen LogP contribution in [0.1, 0.15) is 13.8 Å². The van der Waals surface area contributed by atoms with Gasteiger partial charge in [0.05, 0.1) is 20.0 Å². The standard InChI is InChI=1S/C15H24N4O2/c1-5-18(3,16-13-20)12-15(21)17-19(4,6-2)14-10-8-7-9-11-14/h7-11,13H,5-6,12H2,1-4H3/t18?,19-/m1/s1. The topological polar surface area (TPSA) is 70.8 Å². The maximum atomic E-state index is 12.3. The van der Waals surface area contributed by atoms with Crippen molar-refractivity contribution in [3.63, 3.8) is 0 Å². The predicted octanol–water partition coefficient (Wildman–Crippen LogP) is 0.0875. The minimum absolute atomic E-state index is 0.0182. The van der Waals surface area contributed by atoms with E-state index < -0.39 is 0 Å². The van der Waals surface area contributed by atoms with Crippen LogP contribution in [0.2, 0.25) is 0 Å². The number of nitrogens with zero attached hydrogens (tertiary/aromatic N) is 4. The van der Waals surface area contributed by atoms with Gasteiger partial charge in [-0.1, -0.05) is 23.3 Å². The number of rotatable bonds is 7. The number of benzene rings is 1. The Kier molecular flexibility index (Phi) is 5.87. The Morgan fingerprint density at radius 3 is 2.24 bits per heavy atom. The molecule has 0 aromatic heterocycles. The van der Waals surface area contributed by atoms with Crippen molar-refractivity contribution in [2.75, 3.05) is 33.7 Å². The number of quaternary nitrogens is 2. The van der Waals surface area contributed by atoms with E-state index in [-0.39, 0.29) is 21.6 Å². The minimum Gasteiger partial charge on any atom is -0.861 e. The van der Waals surface area contributed by atoms with Crippen molar-refractivity contribution in [2.45, 2.75) is 13.8 Å². The summed E-state index contributed by atoms with van der Waals surface area (Å²) < 4.78 is 0.203. The van der Waals surface area contributed by atoms with Crippen LogP contribution in [0.5, 0.6) is 0 Å². The van der Waals surface area contributed by atoms with E-state index in [0.29, 0.717) is 19.5 Å². The smallest absolute Gasteiger partial charge is 0.158 e. The molecule has 116 valence electrons. The van der Waals surface area contributed by atoms with Crippen molar-refractivity contribution in [1.29, 1.82) is 0 Å². The lowest BCUT2D eigenvalue weighted by molar-refractivity contribution is -0.908. The Hall–Kier alpha value is -1.92. The van der Waals surface area contributed by atoms with E-state index in [1.165, 1.54) is 0 Å². The average Bonchev–Trinajstić information content (AvgIpc) is 2.48. The average molecular weight is 292 g/mol. The summed E-state index contributed by atoms with van der Waals surface area (Å²) in [7, 11) is 3.63. The first-order chi connectivity index (χ1) is 9.89. The molecule has 6 heteroatoms. The second-order valence-corrected chi connectivity index (χ2v) is 5.32. The van der Waals surface area contributed by atoms with Crippen LogP contribution >= 0.6 is 0 Å². The molecule has 0 aliphatic heterocycles. The van der Waals surface area contributed by atoms with Gasteiger partial charge in [-0.2, -0.15) is 9.18 Å². The van der Waals surface area contributed by atoms with Crippen molar-refractivity contribution < 1.29 is 14.8 Å². The summed E-state index contributed by atoms with van der Waals surface area (Å²) in [6.45, 7) is 5.16.